The number of nitro groups is 1. The maximum absolute atomic E-state index is 13.6. The fourth-order valence-electron chi connectivity index (χ4n) is 2.22. The van der Waals surface area contributed by atoms with Crippen molar-refractivity contribution >= 4 is 11.6 Å². The summed E-state index contributed by atoms with van der Waals surface area (Å²) in [5.41, 5.74) is 0.834. The van der Waals surface area contributed by atoms with Crippen LogP contribution in [0, 0.1) is 21.7 Å². The molecule has 2 heterocycles. The molecule has 1 N–H and O–H groups in total. The average Bonchev–Trinajstić information content (AvgIpc) is 2.63. The smallest absolute Gasteiger partial charge is 0.305 e. The third-order valence-electron chi connectivity index (χ3n) is 3.42. The van der Waals surface area contributed by atoms with Crippen LogP contribution in [-0.4, -0.2) is 19.9 Å². The summed E-state index contributed by atoms with van der Waals surface area (Å²) in [4.78, 5) is 21.8. The number of anilines is 1. The fourth-order valence-corrected chi connectivity index (χ4v) is 2.22. The zero-order valence-corrected chi connectivity index (χ0v) is 12.6. The molecule has 0 radical (unpaired) electrons. The molecule has 1 aromatic carbocycles. The van der Waals surface area contributed by atoms with Crippen LogP contribution >= 0.6 is 0 Å². The van der Waals surface area contributed by atoms with Crippen molar-refractivity contribution in [2.75, 3.05) is 5.32 Å². The maximum atomic E-state index is 13.6. The lowest BCUT2D eigenvalue weighted by atomic mass is 10.00. The number of aromatic nitrogens is 3. The largest absolute Gasteiger partial charge is 0.343 e. The van der Waals surface area contributed by atoms with Crippen molar-refractivity contribution in [2.45, 2.75) is 6.04 Å². The molecule has 0 aliphatic carbocycles. The van der Waals surface area contributed by atoms with E-state index in [1.54, 1.807) is 24.5 Å². The van der Waals surface area contributed by atoms with Crippen molar-refractivity contribution in [1.82, 2.24) is 15.0 Å². The monoisotopic (exact) mass is 343 g/mol. The van der Waals surface area contributed by atoms with E-state index >= 15 is 0 Å². The van der Waals surface area contributed by atoms with Crippen LogP contribution in [0.15, 0.2) is 55.1 Å². The SMILES string of the molecule is O=[N+]([O-])c1cnc(N[C@@H](c2cccnc2)c2ccc(F)c(F)c2)nc1. The summed E-state index contributed by atoms with van der Waals surface area (Å²) >= 11 is 0. The highest BCUT2D eigenvalue weighted by Crippen LogP contribution is 2.26. The highest BCUT2D eigenvalue weighted by atomic mass is 19.2. The van der Waals surface area contributed by atoms with Gasteiger partial charge in [-0.3, -0.25) is 15.1 Å². The number of nitrogens with zero attached hydrogens (tertiary/aromatic N) is 4. The Morgan fingerprint density at radius 1 is 1.04 bits per heavy atom. The van der Waals surface area contributed by atoms with Gasteiger partial charge >= 0.3 is 5.69 Å². The lowest BCUT2D eigenvalue weighted by Crippen LogP contribution is -2.15. The van der Waals surface area contributed by atoms with Gasteiger partial charge in [-0.1, -0.05) is 12.1 Å². The molecule has 0 spiro atoms. The molecule has 3 aromatic rings. The molecular weight excluding hydrogens is 332 g/mol. The average molecular weight is 343 g/mol. The zero-order valence-electron chi connectivity index (χ0n) is 12.6. The third-order valence-corrected chi connectivity index (χ3v) is 3.42. The molecule has 0 saturated carbocycles. The van der Waals surface area contributed by atoms with Crippen LogP contribution in [-0.2, 0) is 0 Å². The van der Waals surface area contributed by atoms with Crippen LogP contribution in [0.1, 0.15) is 17.2 Å². The molecule has 0 aliphatic rings. The van der Waals surface area contributed by atoms with Crippen molar-refractivity contribution in [3.8, 4) is 0 Å². The van der Waals surface area contributed by atoms with E-state index in [1.807, 2.05) is 0 Å². The second-order valence-electron chi connectivity index (χ2n) is 5.06. The first-order valence-corrected chi connectivity index (χ1v) is 7.12. The standard InChI is InChI=1S/C16H11F2N5O2/c17-13-4-3-10(6-14(13)18)15(11-2-1-5-19-7-11)22-16-20-8-12(9-21-16)23(24)25/h1-9,15H,(H,20,21,22)/t15-/m1/s1. The van der Waals surface area contributed by atoms with E-state index in [4.69, 9.17) is 0 Å². The molecular formula is C16H11F2N5O2. The molecule has 1 atom stereocenters. The van der Waals surface area contributed by atoms with Crippen LogP contribution in [0.4, 0.5) is 20.4 Å². The first kappa shape index (κ1) is 16.4. The molecule has 9 heteroatoms. The second kappa shape index (κ2) is 6.95. The molecule has 0 saturated heterocycles. The molecule has 25 heavy (non-hydrogen) atoms. The number of rotatable bonds is 5. The summed E-state index contributed by atoms with van der Waals surface area (Å²) in [5, 5.41) is 13.6. The number of halogens is 2. The van der Waals surface area contributed by atoms with Gasteiger partial charge in [-0.15, -0.1) is 0 Å². The molecule has 3 rings (SSSR count). The van der Waals surface area contributed by atoms with E-state index in [2.05, 4.69) is 20.3 Å². The summed E-state index contributed by atoms with van der Waals surface area (Å²) < 4.78 is 26.8. The molecule has 126 valence electrons. The van der Waals surface area contributed by atoms with Crippen molar-refractivity contribution in [3.63, 3.8) is 0 Å². The number of pyridine rings is 1. The van der Waals surface area contributed by atoms with Crippen molar-refractivity contribution in [1.29, 1.82) is 0 Å². The highest BCUT2D eigenvalue weighted by Gasteiger charge is 2.18. The van der Waals surface area contributed by atoms with Crippen molar-refractivity contribution < 1.29 is 13.7 Å². The highest BCUT2D eigenvalue weighted by molar-refractivity contribution is 5.41. The molecule has 0 bridgehead atoms. The normalized spacial score (nSPS) is 11.8. The van der Waals surface area contributed by atoms with Crippen molar-refractivity contribution in [2.24, 2.45) is 0 Å². The predicted octanol–water partition coefficient (Wildman–Crippen LogP) is 3.26. The van der Waals surface area contributed by atoms with E-state index in [9.17, 15) is 18.9 Å². The Labute approximate surface area is 140 Å². The Balaban J connectivity index is 1.96. The van der Waals surface area contributed by atoms with Crippen LogP contribution in [0.25, 0.3) is 0 Å². The third kappa shape index (κ3) is 3.71. The molecule has 0 unspecified atom stereocenters. The number of hydrogen-bond acceptors (Lipinski definition) is 6. The number of benzene rings is 1. The second-order valence-corrected chi connectivity index (χ2v) is 5.06. The molecule has 0 amide bonds. The van der Waals surface area contributed by atoms with E-state index in [0.29, 0.717) is 11.1 Å². The molecule has 7 nitrogen and oxygen atoms in total. The van der Waals surface area contributed by atoms with Gasteiger partial charge in [-0.25, -0.2) is 18.7 Å². The Hall–Kier alpha value is -3.49. The van der Waals surface area contributed by atoms with Crippen LogP contribution in [0.5, 0.6) is 0 Å². The van der Waals surface area contributed by atoms with Gasteiger partial charge in [-0.2, -0.15) is 0 Å². The lowest BCUT2D eigenvalue weighted by Gasteiger charge is -2.19. The maximum Gasteiger partial charge on any atom is 0.305 e. The summed E-state index contributed by atoms with van der Waals surface area (Å²) in [7, 11) is 0. The van der Waals surface area contributed by atoms with E-state index < -0.39 is 22.6 Å². The van der Waals surface area contributed by atoms with Gasteiger partial charge in [-0.05, 0) is 29.3 Å². The summed E-state index contributed by atoms with van der Waals surface area (Å²) in [5.74, 6) is -1.85. The van der Waals surface area contributed by atoms with Gasteiger partial charge in [0.25, 0.3) is 0 Å². The van der Waals surface area contributed by atoms with Crippen LogP contribution in [0.2, 0.25) is 0 Å². The molecule has 0 aliphatic heterocycles. The van der Waals surface area contributed by atoms with E-state index in [1.165, 1.54) is 6.07 Å². The van der Waals surface area contributed by atoms with Gasteiger partial charge in [0.1, 0.15) is 12.4 Å². The Morgan fingerprint density at radius 2 is 1.80 bits per heavy atom. The summed E-state index contributed by atoms with van der Waals surface area (Å²) in [6, 6.07) is 6.33. The van der Waals surface area contributed by atoms with Crippen LogP contribution < -0.4 is 5.32 Å². The minimum absolute atomic E-state index is 0.101. The Morgan fingerprint density at radius 3 is 2.40 bits per heavy atom. The zero-order chi connectivity index (χ0) is 17.8. The van der Waals surface area contributed by atoms with Gasteiger partial charge in [0.05, 0.1) is 11.0 Å². The molecule has 2 aromatic heterocycles. The topological polar surface area (TPSA) is 93.8 Å². The van der Waals surface area contributed by atoms with E-state index in [-0.39, 0.29) is 11.6 Å². The Kier molecular flexibility index (Phi) is 4.55. The minimum Gasteiger partial charge on any atom is -0.343 e. The summed E-state index contributed by atoms with van der Waals surface area (Å²) in [6.45, 7) is 0. The number of hydrogen-bond donors (Lipinski definition) is 1. The molecule has 0 fully saturated rings. The van der Waals surface area contributed by atoms with Crippen molar-refractivity contribution in [3.05, 3.63) is 88.0 Å². The fraction of sp³-hybridized carbons (Fsp3) is 0.0625. The first-order chi connectivity index (χ1) is 12.0. The first-order valence-electron chi connectivity index (χ1n) is 7.12. The van der Waals surface area contributed by atoms with E-state index in [0.717, 1.165) is 24.5 Å². The van der Waals surface area contributed by atoms with Gasteiger partial charge in [0, 0.05) is 12.4 Å². The quantitative estimate of drug-likeness (QED) is 0.564. The van der Waals surface area contributed by atoms with Gasteiger partial charge in [0.15, 0.2) is 11.6 Å². The van der Waals surface area contributed by atoms with Crippen LogP contribution in [0.3, 0.4) is 0 Å². The minimum atomic E-state index is -0.988. The van der Waals surface area contributed by atoms with Gasteiger partial charge in [0.2, 0.25) is 5.95 Å². The predicted molar refractivity (Wildman–Crippen MR) is 84.7 cm³/mol. The van der Waals surface area contributed by atoms with Gasteiger partial charge < -0.3 is 5.32 Å². The number of nitrogens with one attached hydrogen (secondary N) is 1. The summed E-state index contributed by atoms with van der Waals surface area (Å²) in [6.07, 6.45) is 5.25. The Bertz CT molecular complexity index is 891. The lowest BCUT2D eigenvalue weighted by molar-refractivity contribution is -0.385.